The number of aliphatic hydroxyl groups excluding tert-OH is 2. The number of carbonyl (C=O) groups excluding carboxylic acids is 1. The van der Waals surface area contributed by atoms with Crippen LogP contribution in [0.1, 0.15) is 20.3 Å². The van der Waals surface area contributed by atoms with Crippen LogP contribution in [0, 0.1) is 0 Å². The van der Waals surface area contributed by atoms with Crippen LogP contribution in [0.5, 0.6) is 0 Å². The maximum Gasteiger partial charge on any atom is 0.315 e. The van der Waals surface area contributed by atoms with Gasteiger partial charge in [-0.05, 0) is 13.3 Å². The standard InChI is InChI=1S/C8H18N2O3/c1-3-8(5-11,6-12)10-7(13)9-4-2/h11-12H,3-6H2,1-2H3,(H2,9,10,13). The summed E-state index contributed by atoms with van der Waals surface area (Å²) in [5.74, 6) is 0. The molecule has 0 unspecified atom stereocenters. The van der Waals surface area contributed by atoms with Crippen LogP contribution >= 0.6 is 0 Å². The molecule has 0 bridgehead atoms. The molecule has 0 rings (SSSR count). The second-order valence-electron chi connectivity index (χ2n) is 2.93. The van der Waals surface area contributed by atoms with Gasteiger partial charge in [0, 0.05) is 6.54 Å². The molecule has 0 heterocycles. The first-order valence-electron chi connectivity index (χ1n) is 4.42. The number of urea groups is 1. The van der Waals surface area contributed by atoms with Gasteiger partial charge in [0.25, 0.3) is 0 Å². The molecule has 0 aliphatic rings. The zero-order valence-electron chi connectivity index (χ0n) is 8.13. The van der Waals surface area contributed by atoms with Gasteiger partial charge in [0.1, 0.15) is 0 Å². The smallest absolute Gasteiger partial charge is 0.315 e. The van der Waals surface area contributed by atoms with E-state index in [0.717, 1.165) is 0 Å². The highest BCUT2D eigenvalue weighted by Gasteiger charge is 2.28. The summed E-state index contributed by atoms with van der Waals surface area (Å²) in [5.41, 5.74) is -0.904. The lowest BCUT2D eigenvalue weighted by molar-refractivity contribution is 0.0936. The first-order chi connectivity index (χ1) is 6.14. The summed E-state index contributed by atoms with van der Waals surface area (Å²) in [6.07, 6.45) is 0.483. The second-order valence-corrected chi connectivity index (χ2v) is 2.93. The van der Waals surface area contributed by atoms with E-state index < -0.39 is 5.54 Å². The van der Waals surface area contributed by atoms with Gasteiger partial charge in [0.05, 0.1) is 18.8 Å². The van der Waals surface area contributed by atoms with E-state index in [0.29, 0.717) is 13.0 Å². The molecule has 0 aromatic carbocycles. The van der Waals surface area contributed by atoms with Crippen molar-refractivity contribution >= 4 is 6.03 Å². The van der Waals surface area contributed by atoms with Gasteiger partial charge in [-0.3, -0.25) is 0 Å². The summed E-state index contributed by atoms with van der Waals surface area (Å²) in [4.78, 5) is 11.1. The van der Waals surface area contributed by atoms with Crippen molar-refractivity contribution in [2.75, 3.05) is 19.8 Å². The Bertz CT molecular complexity index is 149. The summed E-state index contributed by atoms with van der Waals surface area (Å²) in [6, 6.07) is -0.368. The van der Waals surface area contributed by atoms with Gasteiger partial charge in [-0.25, -0.2) is 4.79 Å². The van der Waals surface area contributed by atoms with Crippen molar-refractivity contribution in [2.24, 2.45) is 0 Å². The largest absolute Gasteiger partial charge is 0.394 e. The quantitative estimate of drug-likeness (QED) is 0.469. The first kappa shape index (κ1) is 12.2. The van der Waals surface area contributed by atoms with Crippen LogP contribution in [-0.4, -0.2) is 41.5 Å². The number of hydrogen-bond acceptors (Lipinski definition) is 3. The SMILES string of the molecule is CCNC(=O)NC(CC)(CO)CO. The molecule has 2 amide bonds. The van der Waals surface area contributed by atoms with Gasteiger partial charge in [0.15, 0.2) is 0 Å². The third-order valence-electron chi connectivity index (χ3n) is 2.00. The fourth-order valence-corrected chi connectivity index (χ4v) is 0.887. The van der Waals surface area contributed by atoms with E-state index in [1.54, 1.807) is 13.8 Å². The van der Waals surface area contributed by atoms with E-state index in [-0.39, 0.29) is 19.2 Å². The molecule has 13 heavy (non-hydrogen) atoms. The zero-order valence-corrected chi connectivity index (χ0v) is 8.13. The van der Waals surface area contributed by atoms with Gasteiger partial charge in [-0.15, -0.1) is 0 Å². The maximum atomic E-state index is 11.1. The van der Waals surface area contributed by atoms with Crippen LogP contribution < -0.4 is 10.6 Å². The molecular formula is C8H18N2O3. The summed E-state index contributed by atoms with van der Waals surface area (Å²) < 4.78 is 0. The minimum atomic E-state index is -0.904. The second kappa shape index (κ2) is 5.77. The van der Waals surface area contributed by atoms with Crippen LogP contribution in [0.2, 0.25) is 0 Å². The number of nitrogens with one attached hydrogen (secondary N) is 2. The monoisotopic (exact) mass is 190 g/mol. The Hall–Kier alpha value is -0.810. The highest BCUT2D eigenvalue weighted by molar-refractivity contribution is 5.74. The van der Waals surface area contributed by atoms with Crippen molar-refractivity contribution < 1.29 is 15.0 Å². The number of aliphatic hydroxyl groups is 2. The topological polar surface area (TPSA) is 81.6 Å². The van der Waals surface area contributed by atoms with Crippen molar-refractivity contribution in [2.45, 2.75) is 25.8 Å². The van der Waals surface area contributed by atoms with Gasteiger partial charge < -0.3 is 20.8 Å². The van der Waals surface area contributed by atoms with Gasteiger partial charge in [0.2, 0.25) is 0 Å². The Labute approximate surface area is 78.1 Å². The molecule has 4 N–H and O–H groups in total. The molecule has 0 fully saturated rings. The van der Waals surface area contributed by atoms with Gasteiger partial charge >= 0.3 is 6.03 Å². The molecule has 0 aromatic rings. The number of hydrogen-bond donors (Lipinski definition) is 4. The molecule has 0 spiro atoms. The molecule has 0 atom stereocenters. The summed E-state index contributed by atoms with van der Waals surface area (Å²) in [6.45, 7) is 3.57. The van der Waals surface area contributed by atoms with Crippen LogP contribution in [0.3, 0.4) is 0 Å². The highest BCUT2D eigenvalue weighted by atomic mass is 16.3. The van der Waals surface area contributed by atoms with Crippen LogP contribution in [0.15, 0.2) is 0 Å². The lowest BCUT2D eigenvalue weighted by Crippen LogP contribution is -2.56. The predicted molar refractivity (Wildman–Crippen MR) is 49.4 cm³/mol. The molecular weight excluding hydrogens is 172 g/mol. The van der Waals surface area contributed by atoms with Crippen molar-refractivity contribution in [3.05, 3.63) is 0 Å². The number of amides is 2. The average molecular weight is 190 g/mol. The van der Waals surface area contributed by atoms with Crippen LogP contribution in [-0.2, 0) is 0 Å². The van der Waals surface area contributed by atoms with E-state index in [1.165, 1.54) is 0 Å². The average Bonchev–Trinajstić information content (AvgIpc) is 2.15. The molecule has 0 aliphatic carbocycles. The molecule has 0 saturated heterocycles. The molecule has 5 heteroatoms. The minimum absolute atomic E-state index is 0.267. The Morgan fingerprint density at radius 2 is 1.85 bits per heavy atom. The Kier molecular flexibility index (Phi) is 5.41. The van der Waals surface area contributed by atoms with Crippen molar-refractivity contribution in [1.29, 1.82) is 0 Å². The van der Waals surface area contributed by atoms with Gasteiger partial charge in [-0.1, -0.05) is 6.92 Å². The molecule has 78 valence electrons. The van der Waals surface area contributed by atoms with Gasteiger partial charge in [-0.2, -0.15) is 0 Å². The maximum absolute atomic E-state index is 11.1. The molecule has 0 aromatic heterocycles. The first-order valence-corrected chi connectivity index (χ1v) is 4.42. The fraction of sp³-hybridized carbons (Fsp3) is 0.875. The van der Waals surface area contributed by atoms with Crippen LogP contribution in [0.4, 0.5) is 4.79 Å². The van der Waals surface area contributed by atoms with E-state index in [2.05, 4.69) is 10.6 Å². The number of rotatable bonds is 5. The third kappa shape index (κ3) is 3.61. The Morgan fingerprint density at radius 1 is 1.31 bits per heavy atom. The van der Waals surface area contributed by atoms with Crippen molar-refractivity contribution in [1.82, 2.24) is 10.6 Å². The Balaban J connectivity index is 4.16. The van der Waals surface area contributed by atoms with Crippen LogP contribution in [0.25, 0.3) is 0 Å². The summed E-state index contributed by atoms with van der Waals surface area (Å²) in [5, 5.41) is 23.0. The minimum Gasteiger partial charge on any atom is -0.394 e. The molecule has 0 radical (unpaired) electrons. The predicted octanol–water partition coefficient (Wildman–Crippen LogP) is -0.561. The molecule has 0 saturated carbocycles. The number of carbonyl (C=O) groups is 1. The molecule has 0 aliphatic heterocycles. The lowest BCUT2D eigenvalue weighted by Gasteiger charge is -2.29. The van der Waals surface area contributed by atoms with Crippen molar-refractivity contribution in [3.8, 4) is 0 Å². The lowest BCUT2D eigenvalue weighted by atomic mass is 9.99. The zero-order chi connectivity index (χ0) is 10.3. The Morgan fingerprint density at radius 3 is 2.15 bits per heavy atom. The fourth-order valence-electron chi connectivity index (χ4n) is 0.887. The van der Waals surface area contributed by atoms with Crippen molar-refractivity contribution in [3.63, 3.8) is 0 Å². The third-order valence-corrected chi connectivity index (χ3v) is 2.00. The highest BCUT2D eigenvalue weighted by Crippen LogP contribution is 2.07. The van der Waals surface area contributed by atoms with E-state index in [4.69, 9.17) is 10.2 Å². The van der Waals surface area contributed by atoms with E-state index in [1.807, 2.05) is 0 Å². The normalized spacial score (nSPS) is 11.1. The van der Waals surface area contributed by atoms with E-state index in [9.17, 15) is 4.79 Å². The summed E-state index contributed by atoms with van der Waals surface area (Å²) in [7, 11) is 0. The summed E-state index contributed by atoms with van der Waals surface area (Å²) >= 11 is 0. The van der Waals surface area contributed by atoms with E-state index >= 15 is 0 Å². The molecule has 5 nitrogen and oxygen atoms in total.